The van der Waals surface area contributed by atoms with Crippen molar-refractivity contribution in [1.29, 1.82) is 0 Å². The maximum absolute atomic E-state index is 4.96. The molecule has 1 heterocycles. The second kappa shape index (κ2) is 3.90. The van der Waals surface area contributed by atoms with Crippen LogP contribution in [0.4, 0.5) is 0 Å². The number of pyridine rings is 1. The van der Waals surface area contributed by atoms with Gasteiger partial charge in [0.25, 0.3) is 0 Å². The standard InChI is InChI=1S/C7H10N2O2/c1-10-7-2-3-9-6(4-7)5-11-8/h2-4H,5,8H2,1H3. The molecule has 0 saturated carbocycles. The van der Waals surface area contributed by atoms with Crippen LogP contribution in [0.25, 0.3) is 0 Å². The lowest BCUT2D eigenvalue weighted by molar-refractivity contribution is 0.121. The van der Waals surface area contributed by atoms with Crippen LogP contribution in [0, 0.1) is 0 Å². The Hall–Kier alpha value is -1.13. The maximum atomic E-state index is 4.96. The number of hydrogen-bond donors (Lipinski definition) is 1. The van der Waals surface area contributed by atoms with Crippen LogP contribution in [0.15, 0.2) is 18.3 Å². The van der Waals surface area contributed by atoms with Crippen molar-refractivity contribution in [3.63, 3.8) is 0 Å². The van der Waals surface area contributed by atoms with Crippen molar-refractivity contribution in [3.05, 3.63) is 24.0 Å². The predicted molar refractivity (Wildman–Crippen MR) is 39.8 cm³/mol. The molecule has 0 aliphatic carbocycles. The van der Waals surface area contributed by atoms with Gasteiger partial charge in [-0.3, -0.25) is 9.82 Å². The number of methoxy groups -OCH3 is 1. The minimum absolute atomic E-state index is 0.303. The van der Waals surface area contributed by atoms with E-state index >= 15 is 0 Å². The van der Waals surface area contributed by atoms with Gasteiger partial charge in [0.1, 0.15) is 12.4 Å². The van der Waals surface area contributed by atoms with Crippen LogP contribution in [0.2, 0.25) is 0 Å². The maximum Gasteiger partial charge on any atom is 0.122 e. The average Bonchev–Trinajstić information content (AvgIpc) is 2.06. The summed E-state index contributed by atoms with van der Waals surface area (Å²) >= 11 is 0. The fraction of sp³-hybridized carbons (Fsp3) is 0.286. The molecule has 0 amide bonds. The lowest BCUT2D eigenvalue weighted by Gasteiger charge is -2.00. The van der Waals surface area contributed by atoms with E-state index < -0.39 is 0 Å². The van der Waals surface area contributed by atoms with Crippen molar-refractivity contribution < 1.29 is 9.57 Å². The van der Waals surface area contributed by atoms with Crippen LogP contribution in [0.5, 0.6) is 5.75 Å². The second-order valence-electron chi connectivity index (χ2n) is 2.00. The van der Waals surface area contributed by atoms with Gasteiger partial charge in [0, 0.05) is 12.3 Å². The van der Waals surface area contributed by atoms with Crippen LogP contribution >= 0.6 is 0 Å². The number of nitrogens with two attached hydrogens (primary N) is 1. The second-order valence-corrected chi connectivity index (χ2v) is 2.00. The van der Waals surface area contributed by atoms with Crippen LogP contribution < -0.4 is 10.6 Å². The van der Waals surface area contributed by atoms with Gasteiger partial charge in [-0.05, 0) is 6.07 Å². The Morgan fingerprint density at radius 2 is 2.45 bits per heavy atom. The summed E-state index contributed by atoms with van der Waals surface area (Å²) in [6.07, 6.45) is 1.65. The fourth-order valence-electron chi connectivity index (χ4n) is 0.747. The molecule has 0 aromatic carbocycles. The summed E-state index contributed by atoms with van der Waals surface area (Å²) in [7, 11) is 1.60. The summed E-state index contributed by atoms with van der Waals surface area (Å²) < 4.78 is 4.96. The van der Waals surface area contributed by atoms with Gasteiger partial charge in [-0.2, -0.15) is 0 Å². The van der Waals surface area contributed by atoms with E-state index in [1.807, 2.05) is 0 Å². The zero-order valence-corrected chi connectivity index (χ0v) is 6.28. The van der Waals surface area contributed by atoms with Crippen LogP contribution in [-0.4, -0.2) is 12.1 Å². The third-order valence-electron chi connectivity index (χ3n) is 1.25. The summed E-state index contributed by atoms with van der Waals surface area (Å²) in [5.74, 6) is 5.63. The molecule has 0 aliphatic rings. The zero-order chi connectivity index (χ0) is 8.10. The highest BCUT2D eigenvalue weighted by Crippen LogP contribution is 2.09. The molecule has 4 nitrogen and oxygen atoms in total. The molecule has 0 bridgehead atoms. The molecule has 1 aromatic rings. The van der Waals surface area contributed by atoms with E-state index in [4.69, 9.17) is 10.6 Å². The Morgan fingerprint density at radius 3 is 3.09 bits per heavy atom. The SMILES string of the molecule is COc1ccnc(CON)c1. The monoisotopic (exact) mass is 154 g/mol. The lowest BCUT2D eigenvalue weighted by Crippen LogP contribution is -2.00. The van der Waals surface area contributed by atoms with Crippen LogP contribution in [0.3, 0.4) is 0 Å². The molecule has 0 aliphatic heterocycles. The molecule has 2 N–H and O–H groups in total. The predicted octanol–water partition coefficient (Wildman–Crippen LogP) is 0.481. The molecule has 0 saturated heterocycles. The summed E-state index contributed by atoms with van der Waals surface area (Å²) in [4.78, 5) is 8.40. The molecule has 11 heavy (non-hydrogen) atoms. The molecule has 0 radical (unpaired) electrons. The van der Waals surface area contributed by atoms with Crippen molar-refractivity contribution in [2.24, 2.45) is 5.90 Å². The van der Waals surface area contributed by atoms with E-state index in [1.165, 1.54) is 0 Å². The van der Waals surface area contributed by atoms with E-state index in [0.717, 1.165) is 11.4 Å². The van der Waals surface area contributed by atoms with E-state index in [9.17, 15) is 0 Å². The van der Waals surface area contributed by atoms with Gasteiger partial charge in [-0.25, -0.2) is 5.90 Å². The first-order chi connectivity index (χ1) is 5.36. The molecule has 0 atom stereocenters. The normalized spacial score (nSPS) is 9.64. The van der Waals surface area contributed by atoms with E-state index in [1.54, 1.807) is 25.4 Å². The molecule has 4 heteroatoms. The molecule has 1 aromatic heterocycles. The van der Waals surface area contributed by atoms with Gasteiger partial charge in [-0.15, -0.1) is 0 Å². The van der Waals surface area contributed by atoms with Gasteiger partial charge in [-0.1, -0.05) is 0 Å². The first-order valence-electron chi connectivity index (χ1n) is 3.17. The molecular weight excluding hydrogens is 144 g/mol. The number of ether oxygens (including phenoxy) is 1. The van der Waals surface area contributed by atoms with E-state index in [0.29, 0.717) is 6.61 Å². The number of hydrogen-bond acceptors (Lipinski definition) is 4. The Labute approximate surface area is 64.9 Å². The van der Waals surface area contributed by atoms with Crippen molar-refractivity contribution in [2.75, 3.05) is 7.11 Å². The van der Waals surface area contributed by atoms with Crippen LogP contribution in [-0.2, 0) is 11.4 Å². The third kappa shape index (κ3) is 2.18. The number of rotatable bonds is 3. The molecule has 0 fully saturated rings. The molecule has 0 spiro atoms. The summed E-state index contributed by atoms with van der Waals surface area (Å²) in [6.45, 7) is 0.303. The Bertz CT molecular complexity index is 227. The van der Waals surface area contributed by atoms with Crippen molar-refractivity contribution in [1.82, 2.24) is 4.98 Å². The lowest BCUT2D eigenvalue weighted by atomic mass is 10.3. The molecule has 60 valence electrons. The van der Waals surface area contributed by atoms with Gasteiger partial charge in [0.15, 0.2) is 0 Å². The minimum atomic E-state index is 0.303. The fourth-order valence-corrected chi connectivity index (χ4v) is 0.747. The quantitative estimate of drug-likeness (QED) is 0.643. The van der Waals surface area contributed by atoms with E-state index in [-0.39, 0.29) is 0 Å². The summed E-state index contributed by atoms with van der Waals surface area (Å²) in [5, 5.41) is 0. The van der Waals surface area contributed by atoms with Crippen molar-refractivity contribution in [2.45, 2.75) is 6.61 Å². The number of aromatic nitrogens is 1. The van der Waals surface area contributed by atoms with Gasteiger partial charge < -0.3 is 4.74 Å². The topological polar surface area (TPSA) is 57.4 Å². The highest BCUT2D eigenvalue weighted by molar-refractivity contribution is 5.21. The minimum Gasteiger partial charge on any atom is -0.497 e. The highest BCUT2D eigenvalue weighted by Gasteiger charge is 1.95. The summed E-state index contributed by atoms with van der Waals surface area (Å²) in [5.41, 5.74) is 0.756. The molecule has 1 rings (SSSR count). The Kier molecular flexibility index (Phi) is 2.83. The van der Waals surface area contributed by atoms with Crippen LogP contribution in [0.1, 0.15) is 5.69 Å². The zero-order valence-electron chi connectivity index (χ0n) is 6.28. The Balaban J connectivity index is 2.74. The van der Waals surface area contributed by atoms with Gasteiger partial charge >= 0.3 is 0 Å². The molecular formula is C7H10N2O2. The Morgan fingerprint density at radius 1 is 1.64 bits per heavy atom. The largest absolute Gasteiger partial charge is 0.497 e. The number of nitrogens with zero attached hydrogens (tertiary/aromatic N) is 1. The van der Waals surface area contributed by atoms with Crippen molar-refractivity contribution >= 4 is 0 Å². The average molecular weight is 154 g/mol. The first kappa shape index (κ1) is 7.97. The van der Waals surface area contributed by atoms with E-state index in [2.05, 4.69) is 9.82 Å². The highest BCUT2D eigenvalue weighted by atomic mass is 16.6. The molecule has 0 unspecified atom stereocenters. The smallest absolute Gasteiger partial charge is 0.122 e. The third-order valence-corrected chi connectivity index (χ3v) is 1.25. The first-order valence-corrected chi connectivity index (χ1v) is 3.17. The summed E-state index contributed by atoms with van der Waals surface area (Å²) in [6, 6.07) is 3.53. The van der Waals surface area contributed by atoms with Gasteiger partial charge in [0.2, 0.25) is 0 Å². The van der Waals surface area contributed by atoms with Crippen molar-refractivity contribution in [3.8, 4) is 5.75 Å². The van der Waals surface area contributed by atoms with Gasteiger partial charge in [0.05, 0.1) is 12.8 Å².